The van der Waals surface area contributed by atoms with Crippen molar-refractivity contribution in [3.05, 3.63) is 54.4 Å². The number of piperazine rings is 1. The number of carbonyl (C=O) groups excluding carboxylic acids is 2. The second-order valence-corrected chi connectivity index (χ2v) is 12.7. The number of aromatic nitrogens is 1. The molecule has 2 fully saturated rings. The highest BCUT2D eigenvalue weighted by Gasteiger charge is 2.56. The molecule has 2 aliphatic heterocycles. The first kappa shape index (κ1) is 30.9. The van der Waals surface area contributed by atoms with E-state index in [1.807, 2.05) is 6.92 Å². The molecule has 10 nitrogen and oxygen atoms in total. The number of likely N-dealkylation sites (N-methyl/N-ethyl adjacent to an activating group) is 2. The molecule has 0 N–H and O–H groups in total. The predicted molar refractivity (Wildman–Crippen MR) is 147 cm³/mol. The van der Waals surface area contributed by atoms with E-state index in [-0.39, 0.29) is 5.69 Å². The summed E-state index contributed by atoms with van der Waals surface area (Å²) < 4.78 is 62.7. The van der Waals surface area contributed by atoms with Crippen molar-refractivity contribution in [2.45, 2.75) is 42.9 Å². The Hall–Kier alpha value is -3.07. The van der Waals surface area contributed by atoms with Crippen LogP contribution in [0.1, 0.15) is 32.5 Å². The Morgan fingerprint density at radius 3 is 2.12 bits per heavy atom. The van der Waals surface area contributed by atoms with E-state index in [0.717, 1.165) is 67.5 Å². The smallest absolute Gasteiger partial charge is 0.304 e. The van der Waals surface area contributed by atoms with E-state index >= 15 is 0 Å². The van der Waals surface area contributed by atoms with Crippen molar-refractivity contribution in [3.8, 4) is 0 Å². The van der Waals surface area contributed by atoms with Crippen LogP contribution in [0.3, 0.4) is 0 Å². The van der Waals surface area contributed by atoms with E-state index in [2.05, 4.69) is 26.7 Å². The van der Waals surface area contributed by atoms with E-state index in [4.69, 9.17) is 0 Å². The SMILES string of the molecule is CCN(CCN1CCN(C)CC1)C(c1ccncc1)N1C(=O)N(c2ccc(S(=O)(=O)C(F)(F)F)cc2)C(=O)C1(C)C. The van der Waals surface area contributed by atoms with Gasteiger partial charge >= 0.3 is 11.5 Å². The first-order valence-corrected chi connectivity index (χ1v) is 14.8. The van der Waals surface area contributed by atoms with Gasteiger partial charge in [-0.3, -0.25) is 24.5 Å². The normalized spacial score (nSPS) is 19.8. The van der Waals surface area contributed by atoms with Gasteiger partial charge in [-0.1, -0.05) is 6.92 Å². The van der Waals surface area contributed by atoms with Gasteiger partial charge in [0.05, 0.1) is 10.6 Å². The maximum atomic E-state index is 14.0. The van der Waals surface area contributed by atoms with Crippen molar-refractivity contribution >= 4 is 27.5 Å². The summed E-state index contributed by atoms with van der Waals surface area (Å²) in [6, 6.07) is 6.51. The maximum Gasteiger partial charge on any atom is 0.501 e. The second-order valence-electron chi connectivity index (χ2n) is 10.7. The number of nitrogens with zero attached hydrogens (tertiary/aromatic N) is 6. The van der Waals surface area contributed by atoms with Crippen molar-refractivity contribution in [1.29, 1.82) is 0 Å². The average molecular weight is 597 g/mol. The van der Waals surface area contributed by atoms with Gasteiger partial charge in [-0.25, -0.2) is 18.1 Å². The zero-order valence-corrected chi connectivity index (χ0v) is 24.3. The highest BCUT2D eigenvalue weighted by atomic mass is 32.2. The number of amides is 3. The molecule has 14 heteroatoms. The number of alkyl halides is 3. The Morgan fingerprint density at radius 1 is 1.00 bits per heavy atom. The number of halogens is 3. The molecule has 41 heavy (non-hydrogen) atoms. The molecule has 0 saturated carbocycles. The average Bonchev–Trinajstić information content (AvgIpc) is 3.10. The van der Waals surface area contributed by atoms with Crippen LogP contribution in [0.2, 0.25) is 0 Å². The lowest BCUT2D eigenvalue weighted by molar-refractivity contribution is -0.125. The number of hydrogen-bond donors (Lipinski definition) is 0. The van der Waals surface area contributed by atoms with Crippen molar-refractivity contribution in [2.24, 2.45) is 0 Å². The van der Waals surface area contributed by atoms with E-state index < -0.39 is 43.9 Å². The molecule has 0 bridgehead atoms. The monoisotopic (exact) mass is 596 g/mol. The number of pyridine rings is 1. The highest BCUT2D eigenvalue weighted by molar-refractivity contribution is 7.92. The summed E-state index contributed by atoms with van der Waals surface area (Å²) in [5.74, 6) is -0.580. The van der Waals surface area contributed by atoms with Gasteiger partial charge in [-0.15, -0.1) is 0 Å². The summed E-state index contributed by atoms with van der Waals surface area (Å²) in [5, 5.41) is 0. The summed E-state index contributed by atoms with van der Waals surface area (Å²) in [4.78, 5) is 40.0. The van der Waals surface area contributed by atoms with Crippen LogP contribution in [-0.2, 0) is 14.6 Å². The Kier molecular flexibility index (Phi) is 8.79. The minimum Gasteiger partial charge on any atom is -0.304 e. The first-order valence-electron chi connectivity index (χ1n) is 13.3. The van der Waals surface area contributed by atoms with Gasteiger partial charge in [0.2, 0.25) is 0 Å². The highest BCUT2D eigenvalue weighted by Crippen LogP contribution is 2.40. The number of hydrogen-bond acceptors (Lipinski definition) is 8. The lowest BCUT2D eigenvalue weighted by Gasteiger charge is -2.43. The topological polar surface area (TPSA) is 97.4 Å². The van der Waals surface area contributed by atoms with Crippen LogP contribution in [0.4, 0.5) is 23.7 Å². The number of anilines is 1. The van der Waals surface area contributed by atoms with Gasteiger partial charge in [0, 0.05) is 51.7 Å². The molecule has 2 aliphatic rings. The third-order valence-corrected chi connectivity index (χ3v) is 9.24. The van der Waals surface area contributed by atoms with E-state index in [1.165, 1.54) is 4.90 Å². The number of urea groups is 1. The number of rotatable bonds is 9. The summed E-state index contributed by atoms with van der Waals surface area (Å²) in [5.41, 5.74) is -6.07. The molecule has 4 rings (SSSR count). The molecule has 0 aliphatic carbocycles. The van der Waals surface area contributed by atoms with Crippen LogP contribution in [0.15, 0.2) is 53.7 Å². The molecule has 3 amide bonds. The molecule has 224 valence electrons. The van der Waals surface area contributed by atoms with Gasteiger partial charge in [0.1, 0.15) is 11.7 Å². The van der Waals surface area contributed by atoms with Crippen LogP contribution in [-0.4, -0.2) is 109 Å². The minimum atomic E-state index is -5.58. The molecule has 0 spiro atoms. The van der Waals surface area contributed by atoms with Gasteiger partial charge in [0.25, 0.3) is 15.7 Å². The van der Waals surface area contributed by atoms with Crippen LogP contribution >= 0.6 is 0 Å². The fraction of sp³-hybridized carbons (Fsp3) is 0.519. The number of benzene rings is 1. The van der Waals surface area contributed by atoms with E-state index in [1.54, 1.807) is 38.4 Å². The van der Waals surface area contributed by atoms with Crippen LogP contribution < -0.4 is 4.90 Å². The molecule has 1 atom stereocenters. The third-order valence-electron chi connectivity index (χ3n) is 7.74. The Morgan fingerprint density at radius 2 is 1.59 bits per heavy atom. The second kappa shape index (κ2) is 11.7. The van der Waals surface area contributed by atoms with E-state index in [9.17, 15) is 31.2 Å². The largest absolute Gasteiger partial charge is 0.501 e. The lowest BCUT2D eigenvalue weighted by Crippen LogP contribution is -2.53. The molecule has 1 unspecified atom stereocenters. The van der Waals surface area contributed by atoms with Crippen LogP contribution in [0.5, 0.6) is 0 Å². The molecule has 1 aromatic heterocycles. The molecule has 1 aromatic carbocycles. The van der Waals surface area contributed by atoms with Crippen molar-refractivity contribution in [1.82, 2.24) is 24.6 Å². The van der Waals surface area contributed by atoms with Crippen molar-refractivity contribution in [2.75, 3.05) is 57.8 Å². The molecule has 2 saturated heterocycles. The summed E-state index contributed by atoms with van der Waals surface area (Å²) in [7, 11) is -3.49. The zero-order chi connectivity index (χ0) is 30.2. The zero-order valence-electron chi connectivity index (χ0n) is 23.5. The fourth-order valence-corrected chi connectivity index (χ4v) is 5.97. The predicted octanol–water partition coefficient (Wildman–Crippen LogP) is 3.19. The van der Waals surface area contributed by atoms with E-state index in [0.29, 0.717) is 13.1 Å². The van der Waals surface area contributed by atoms with Gasteiger partial charge in [-0.2, -0.15) is 13.2 Å². The van der Waals surface area contributed by atoms with Crippen LogP contribution in [0.25, 0.3) is 0 Å². The fourth-order valence-electron chi connectivity index (χ4n) is 5.21. The minimum absolute atomic E-state index is 0.0225. The Labute approximate surface area is 238 Å². The molecule has 0 radical (unpaired) electrons. The Balaban J connectivity index is 1.67. The Bertz CT molecular complexity index is 1350. The molecule has 2 aromatic rings. The number of carbonyl (C=O) groups is 2. The quantitative estimate of drug-likeness (QED) is 0.408. The summed E-state index contributed by atoms with van der Waals surface area (Å²) >= 11 is 0. The standard InChI is InChI=1S/C27H35F3N6O4S/c1-5-34(19-18-33-16-14-32(4)15-17-33)23(20-10-12-31-13-11-20)36-25(38)35(24(37)26(36,2)3)21-6-8-22(9-7-21)41(39,40)27(28,29)30/h6-13,23H,5,14-19H2,1-4H3. The van der Waals surface area contributed by atoms with Gasteiger partial charge in [0.15, 0.2) is 0 Å². The molecule has 3 heterocycles. The number of sulfone groups is 1. The summed E-state index contributed by atoms with van der Waals surface area (Å²) in [6.45, 7) is 10.9. The molecular formula is C27H35F3N6O4S. The lowest BCUT2D eigenvalue weighted by atomic mass is 10.0. The van der Waals surface area contributed by atoms with Gasteiger partial charge < -0.3 is 4.90 Å². The van der Waals surface area contributed by atoms with Crippen molar-refractivity contribution in [3.63, 3.8) is 0 Å². The van der Waals surface area contributed by atoms with Crippen LogP contribution in [0, 0.1) is 0 Å². The maximum absolute atomic E-state index is 14.0. The molecular weight excluding hydrogens is 561 g/mol. The third kappa shape index (κ3) is 5.96. The van der Waals surface area contributed by atoms with Crippen molar-refractivity contribution < 1.29 is 31.2 Å². The summed E-state index contributed by atoms with van der Waals surface area (Å²) in [6.07, 6.45) is 2.59. The number of imide groups is 1. The van der Waals surface area contributed by atoms with Gasteiger partial charge in [-0.05, 0) is 69.4 Å². The first-order chi connectivity index (χ1) is 19.2.